The lowest BCUT2D eigenvalue weighted by Crippen LogP contribution is -2.31. The van der Waals surface area contributed by atoms with Crippen LogP contribution in [0.15, 0.2) is 16.7 Å². The second-order valence-corrected chi connectivity index (χ2v) is 5.64. The highest BCUT2D eigenvalue weighted by atomic mass is 35.5. The van der Waals surface area contributed by atoms with E-state index in [0.717, 1.165) is 6.42 Å². The Labute approximate surface area is 134 Å². The Morgan fingerprint density at radius 1 is 1.32 bits per heavy atom. The third-order valence-corrected chi connectivity index (χ3v) is 4.15. The summed E-state index contributed by atoms with van der Waals surface area (Å²) in [5.41, 5.74) is 6.17. The maximum atomic E-state index is 6.20. The van der Waals surface area contributed by atoms with Crippen molar-refractivity contribution in [3.05, 3.63) is 23.0 Å². The first kappa shape index (κ1) is 16.6. The number of aromatic nitrogens is 2. The molecule has 1 atom stereocenters. The maximum absolute atomic E-state index is 6.20. The summed E-state index contributed by atoms with van der Waals surface area (Å²) >= 11 is 6.20. The van der Waals surface area contributed by atoms with Gasteiger partial charge in [-0.15, -0.1) is 0 Å². The number of nitrogens with two attached hydrogens (primary N) is 1. The van der Waals surface area contributed by atoms with E-state index in [1.54, 1.807) is 19.2 Å². The van der Waals surface area contributed by atoms with Crippen molar-refractivity contribution in [2.24, 2.45) is 5.73 Å². The molecule has 0 saturated heterocycles. The zero-order valence-corrected chi connectivity index (χ0v) is 13.9. The Hall–Kier alpha value is -1.79. The van der Waals surface area contributed by atoms with Gasteiger partial charge in [0.2, 0.25) is 11.7 Å². The molecule has 22 heavy (non-hydrogen) atoms. The number of nitrogens with zero attached hydrogens (tertiary/aromatic N) is 2. The van der Waals surface area contributed by atoms with Gasteiger partial charge in [0.25, 0.3) is 0 Å². The second kappa shape index (κ2) is 6.54. The summed E-state index contributed by atoms with van der Waals surface area (Å²) < 4.78 is 15.9. The van der Waals surface area contributed by atoms with E-state index in [2.05, 4.69) is 10.1 Å². The van der Waals surface area contributed by atoms with Crippen molar-refractivity contribution in [3.8, 4) is 22.9 Å². The van der Waals surface area contributed by atoms with Crippen LogP contribution in [0.3, 0.4) is 0 Å². The molecule has 1 heterocycles. The minimum atomic E-state index is -0.342. The predicted octanol–water partition coefficient (Wildman–Crippen LogP) is 3.03. The van der Waals surface area contributed by atoms with Gasteiger partial charge in [-0.05, 0) is 25.5 Å². The molecule has 0 saturated carbocycles. The van der Waals surface area contributed by atoms with Crippen molar-refractivity contribution in [1.82, 2.24) is 10.1 Å². The molecule has 6 nitrogen and oxygen atoms in total. The minimum Gasteiger partial charge on any atom is -0.493 e. The van der Waals surface area contributed by atoms with E-state index in [0.29, 0.717) is 40.3 Å². The van der Waals surface area contributed by atoms with Crippen molar-refractivity contribution in [2.75, 3.05) is 20.8 Å². The van der Waals surface area contributed by atoms with Gasteiger partial charge in [0, 0.05) is 12.1 Å². The van der Waals surface area contributed by atoms with Crippen LogP contribution in [0.25, 0.3) is 11.4 Å². The number of hydrogen-bond acceptors (Lipinski definition) is 6. The molecule has 0 spiro atoms. The van der Waals surface area contributed by atoms with Crippen LogP contribution in [0.2, 0.25) is 5.02 Å². The third kappa shape index (κ3) is 2.89. The molecule has 0 aliphatic rings. The van der Waals surface area contributed by atoms with Crippen LogP contribution in [0.4, 0.5) is 0 Å². The minimum absolute atomic E-state index is 0.342. The van der Waals surface area contributed by atoms with Crippen molar-refractivity contribution in [2.45, 2.75) is 25.7 Å². The molecule has 0 amide bonds. The zero-order chi connectivity index (χ0) is 16.3. The van der Waals surface area contributed by atoms with E-state index in [1.807, 2.05) is 13.8 Å². The summed E-state index contributed by atoms with van der Waals surface area (Å²) in [7, 11) is 3.08. The molecule has 0 bridgehead atoms. The summed E-state index contributed by atoms with van der Waals surface area (Å²) in [5, 5.41) is 4.44. The zero-order valence-electron chi connectivity index (χ0n) is 13.1. The molecule has 2 N–H and O–H groups in total. The van der Waals surface area contributed by atoms with Gasteiger partial charge in [0.15, 0.2) is 11.5 Å². The Kier molecular flexibility index (Phi) is 4.93. The maximum Gasteiger partial charge on any atom is 0.234 e. The first-order valence-electron chi connectivity index (χ1n) is 6.95. The quantitative estimate of drug-likeness (QED) is 0.878. The van der Waals surface area contributed by atoms with E-state index in [1.165, 1.54) is 7.11 Å². The van der Waals surface area contributed by atoms with Gasteiger partial charge < -0.3 is 19.7 Å². The molecule has 0 aliphatic heterocycles. The first-order valence-corrected chi connectivity index (χ1v) is 7.33. The van der Waals surface area contributed by atoms with Gasteiger partial charge in [-0.25, -0.2) is 0 Å². The Balaban J connectivity index is 2.46. The molecule has 7 heteroatoms. The van der Waals surface area contributed by atoms with E-state index in [9.17, 15) is 0 Å². The summed E-state index contributed by atoms with van der Waals surface area (Å²) in [6.45, 7) is 4.45. The molecule has 1 aromatic heterocycles. The van der Waals surface area contributed by atoms with Gasteiger partial charge in [0.05, 0.1) is 24.7 Å². The number of hydrogen-bond donors (Lipinski definition) is 1. The van der Waals surface area contributed by atoms with Crippen LogP contribution in [0.5, 0.6) is 11.5 Å². The van der Waals surface area contributed by atoms with Crippen LogP contribution in [-0.4, -0.2) is 30.9 Å². The third-order valence-electron chi connectivity index (χ3n) is 3.86. The monoisotopic (exact) mass is 325 g/mol. The van der Waals surface area contributed by atoms with Crippen molar-refractivity contribution in [1.29, 1.82) is 0 Å². The van der Waals surface area contributed by atoms with Crippen LogP contribution in [0, 0.1) is 0 Å². The number of methoxy groups -OCH3 is 2. The van der Waals surface area contributed by atoms with E-state index >= 15 is 0 Å². The molecule has 1 unspecified atom stereocenters. The smallest absolute Gasteiger partial charge is 0.234 e. The number of halogens is 1. The molecule has 1 aromatic carbocycles. The largest absolute Gasteiger partial charge is 0.493 e. The van der Waals surface area contributed by atoms with Crippen molar-refractivity contribution in [3.63, 3.8) is 0 Å². The van der Waals surface area contributed by atoms with Gasteiger partial charge in [-0.1, -0.05) is 23.7 Å². The fraction of sp³-hybridized carbons (Fsp3) is 0.467. The molecule has 2 aromatic rings. The van der Waals surface area contributed by atoms with Crippen LogP contribution in [0.1, 0.15) is 26.2 Å². The average molecular weight is 326 g/mol. The SMILES string of the molecule is CCC(C)(CN)c1nc(-c2cc(Cl)c(OC)c(OC)c2)no1. The second-order valence-electron chi connectivity index (χ2n) is 5.24. The summed E-state index contributed by atoms with van der Waals surface area (Å²) in [5.74, 6) is 1.93. The average Bonchev–Trinajstić information content (AvgIpc) is 3.03. The molecular weight excluding hydrogens is 306 g/mol. The first-order chi connectivity index (χ1) is 10.5. The predicted molar refractivity (Wildman–Crippen MR) is 84.5 cm³/mol. The van der Waals surface area contributed by atoms with E-state index in [4.69, 9.17) is 31.3 Å². The van der Waals surface area contributed by atoms with Gasteiger partial charge in [-0.2, -0.15) is 4.98 Å². The summed E-state index contributed by atoms with van der Waals surface area (Å²) in [6, 6.07) is 3.47. The molecule has 2 rings (SSSR count). The molecule has 0 fully saturated rings. The standard InChI is InChI=1S/C15H20ClN3O3/c1-5-15(2,8-17)14-18-13(19-22-14)9-6-10(16)12(21-4)11(7-9)20-3/h6-7H,5,8,17H2,1-4H3. The normalized spacial score (nSPS) is 13.7. The number of benzene rings is 1. The summed E-state index contributed by atoms with van der Waals surface area (Å²) in [4.78, 5) is 4.45. The van der Waals surface area contributed by atoms with Crippen LogP contribution >= 0.6 is 11.6 Å². The lowest BCUT2D eigenvalue weighted by Gasteiger charge is -2.20. The highest BCUT2D eigenvalue weighted by Crippen LogP contribution is 2.39. The van der Waals surface area contributed by atoms with E-state index in [-0.39, 0.29) is 5.41 Å². The van der Waals surface area contributed by atoms with Crippen LogP contribution in [-0.2, 0) is 5.41 Å². The highest BCUT2D eigenvalue weighted by Gasteiger charge is 2.30. The van der Waals surface area contributed by atoms with Gasteiger partial charge in [-0.3, -0.25) is 0 Å². The van der Waals surface area contributed by atoms with Crippen LogP contribution < -0.4 is 15.2 Å². The van der Waals surface area contributed by atoms with Crippen molar-refractivity contribution < 1.29 is 14.0 Å². The fourth-order valence-corrected chi connectivity index (χ4v) is 2.30. The highest BCUT2D eigenvalue weighted by molar-refractivity contribution is 6.32. The van der Waals surface area contributed by atoms with Crippen molar-refractivity contribution >= 4 is 11.6 Å². The Morgan fingerprint density at radius 2 is 2.05 bits per heavy atom. The number of ether oxygens (including phenoxy) is 2. The lowest BCUT2D eigenvalue weighted by molar-refractivity contribution is 0.291. The van der Waals surface area contributed by atoms with Gasteiger partial charge >= 0.3 is 0 Å². The molecular formula is C15H20ClN3O3. The molecule has 0 aliphatic carbocycles. The van der Waals surface area contributed by atoms with E-state index < -0.39 is 0 Å². The molecule has 120 valence electrons. The summed E-state index contributed by atoms with van der Waals surface area (Å²) in [6.07, 6.45) is 0.803. The fourth-order valence-electron chi connectivity index (χ4n) is 2.02. The lowest BCUT2D eigenvalue weighted by atomic mass is 9.88. The molecule has 0 radical (unpaired) electrons. The topological polar surface area (TPSA) is 83.4 Å². The number of rotatable bonds is 6. The Bertz CT molecular complexity index is 653. The van der Waals surface area contributed by atoms with Gasteiger partial charge in [0.1, 0.15) is 0 Å². The Morgan fingerprint density at radius 3 is 2.59 bits per heavy atom.